The largest absolute Gasteiger partial charge is 0.493 e. The lowest BCUT2D eigenvalue weighted by molar-refractivity contribution is 0.0705. The van der Waals surface area contributed by atoms with Crippen LogP contribution < -0.4 is 25.2 Å². The predicted molar refractivity (Wildman–Crippen MR) is 124 cm³/mol. The lowest BCUT2D eigenvalue weighted by Crippen LogP contribution is -2.38. The lowest BCUT2D eigenvalue weighted by Gasteiger charge is -2.32. The van der Waals surface area contributed by atoms with E-state index in [0.717, 1.165) is 61.4 Å². The normalized spacial score (nSPS) is 14.5. The molecule has 0 unspecified atom stereocenters. The number of hydrogen-bond donors (Lipinski definition) is 3. The second-order valence-electron chi connectivity index (χ2n) is 8.26. The molecule has 1 aliphatic rings. The molecule has 0 atom stereocenters. The van der Waals surface area contributed by atoms with E-state index in [9.17, 15) is 4.79 Å². The number of carbonyl (C=O) groups excluding carboxylic acids is 1. The molecule has 3 N–H and O–H groups in total. The minimum absolute atomic E-state index is 0.227. The van der Waals surface area contributed by atoms with Crippen LogP contribution in [0.15, 0.2) is 30.7 Å². The zero-order valence-electron chi connectivity index (χ0n) is 19.2. The number of hydrogen-bond acceptors (Lipinski definition) is 8. The fourth-order valence-corrected chi connectivity index (χ4v) is 4.35. The molecule has 1 aliphatic heterocycles. The van der Waals surface area contributed by atoms with Crippen LogP contribution in [0.3, 0.4) is 0 Å². The Bertz CT molecular complexity index is 1110. The number of aryl methyl sites for hydroxylation is 1. The topological polar surface area (TPSA) is 114 Å². The van der Waals surface area contributed by atoms with Crippen molar-refractivity contribution in [3.05, 3.63) is 41.9 Å². The SMILES string of the molecule is COc1cc2c(CNCC3CCN(c4ncc(C(=O)NO)cn4)CC3)cn(C)c2cc1OC. The number of nitrogens with one attached hydrogen (secondary N) is 2. The number of methoxy groups -OCH3 is 2. The minimum Gasteiger partial charge on any atom is -0.493 e. The van der Waals surface area contributed by atoms with E-state index in [1.165, 1.54) is 18.0 Å². The molecule has 3 heterocycles. The third kappa shape index (κ3) is 4.86. The third-order valence-corrected chi connectivity index (χ3v) is 6.23. The van der Waals surface area contributed by atoms with E-state index in [4.69, 9.17) is 14.7 Å². The molecule has 176 valence electrons. The number of carbonyl (C=O) groups is 1. The zero-order chi connectivity index (χ0) is 23.4. The Morgan fingerprint density at radius 1 is 1.15 bits per heavy atom. The van der Waals surface area contributed by atoms with E-state index >= 15 is 0 Å². The van der Waals surface area contributed by atoms with Gasteiger partial charge in [-0.25, -0.2) is 15.4 Å². The number of benzene rings is 1. The van der Waals surface area contributed by atoms with Gasteiger partial charge < -0.3 is 24.3 Å². The Balaban J connectivity index is 1.31. The number of nitrogens with zero attached hydrogens (tertiary/aromatic N) is 4. The van der Waals surface area contributed by atoms with Crippen LogP contribution in [-0.4, -0.2) is 59.5 Å². The fraction of sp³-hybridized carbons (Fsp3) is 0.435. The second kappa shape index (κ2) is 10.1. The Kier molecular flexibility index (Phi) is 6.95. The molecule has 0 aliphatic carbocycles. The average molecular weight is 455 g/mol. The highest BCUT2D eigenvalue weighted by Gasteiger charge is 2.21. The summed E-state index contributed by atoms with van der Waals surface area (Å²) < 4.78 is 13.0. The van der Waals surface area contributed by atoms with Crippen molar-refractivity contribution in [1.29, 1.82) is 0 Å². The van der Waals surface area contributed by atoms with Crippen molar-refractivity contribution in [3.8, 4) is 11.5 Å². The zero-order valence-corrected chi connectivity index (χ0v) is 19.2. The fourth-order valence-electron chi connectivity index (χ4n) is 4.35. The van der Waals surface area contributed by atoms with E-state index < -0.39 is 5.91 Å². The molecule has 10 heteroatoms. The number of aromatic nitrogens is 3. The molecule has 0 saturated carbocycles. The van der Waals surface area contributed by atoms with Crippen molar-refractivity contribution in [3.63, 3.8) is 0 Å². The molecule has 1 amide bonds. The summed E-state index contributed by atoms with van der Waals surface area (Å²) in [6.07, 6.45) is 7.08. The number of piperidine rings is 1. The van der Waals surface area contributed by atoms with Crippen molar-refractivity contribution in [2.45, 2.75) is 19.4 Å². The van der Waals surface area contributed by atoms with Gasteiger partial charge in [0, 0.05) is 56.7 Å². The first-order valence-corrected chi connectivity index (χ1v) is 11.0. The summed E-state index contributed by atoms with van der Waals surface area (Å²) in [4.78, 5) is 22.1. The summed E-state index contributed by atoms with van der Waals surface area (Å²) in [5.41, 5.74) is 4.15. The van der Waals surface area contributed by atoms with Gasteiger partial charge in [-0.15, -0.1) is 0 Å². The van der Waals surface area contributed by atoms with Crippen LogP contribution in [0.4, 0.5) is 5.95 Å². The summed E-state index contributed by atoms with van der Waals surface area (Å²) in [5.74, 6) is 2.03. The molecular weight excluding hydrogens is 424 g/mol. The van der Waals surface area contributed by atoms with Gasteiger partial charge in [0.2, 0.25) is 5.95 Å². The highest BCUT2D eigenvalue weighted by Crippen LogP contribution is 2.34. The summed E-state index contributed by atoms with van der Waals surface area (Å²) in [5, 5.41) is 13.5. The Morgan fingerprint density at radius 2 is 1.82 bits per heavy atom. The highest BCUT2D eigenvalue weighted by molar-refractivity contribution is 5.92. The number of amides is 1. The van der Waals surface area contributed by atoms with Crippen molar-refractivity contribution in [2.75, 3.05) is 38.8 Å². The molecule has 10 nitrogen and oxygen atoms in total. The van der Waals surface area contributed by atoms with Crippen molar-refractivity contribution in [1.82, 2.24) is 25.3 Å². The smallest absolute Gasteiger partial charge is 0.277 e. The van der Waals surface area contributed by atoms with Gasteiger partial charge in [-0.2, -0.15) is 0 Å². The first-order chi connectivity index (χ1) is 16.0. The summed E-state index contributed by atoms with van der Waals surface area (Å²) in [6, 6.07) is 4.05. The number of rotatable bonds is 8. The minimum atomic E-state index is -0.616. The van der Waals surface area contributed by atoms with Gasteiger partial charge in [-0.05, 0) is 36.9 Å². The highest BCUT2D eigenvalue weighted by atomic mass is 16.5. The summed E-state index contributed by atoms with van der Waals surface area (Å²) in [6.45, 7) is 3.45. The molecule has 1 fully saturated rings. The second-order valence-corrected chi connectivity index (χ2v) is 8.26. The maximum Gasteiger partial charge on any atom is 0.277 e. The summed E-state index contributed by atoms with van der Waals surface area (Å²) in [7, 11) is 5.34. The quantitative estimate of drug-likeness (QED) is 0.350. The molecule has 0 spiro atoms. The molecule has 0 radical (unpaired) electrons. The van der Waals surface area contributed by atoms with Gasteiger partial charge >= 0.3 is 0 Å². The predicted octanol–water partition coefficient (Wildman–Crippen LogP) is 2.11. The maximum atomic E-state index is 11.4. The van der Waals surface area contributed by atoms with E-state index in [2.05, 4.69) is 30.9 Å². The van der Waals surface area contributed by atoms with Crippen LogP contribution in [-0.2, 0) is 13.6 Å². The van der Waals surface area contributed by atoms with Crippen molar-refractivity contribution >= 4 is 22.8 Å². The first-order valence-electron chi connectivity index (χ1n) is 11.0. The molecule has 1 saturated heterocycles. The number of fused-ring (bicyclic) bond motifs is 1. The maximum absolute atomic E-state index is 11.4. The van der Waals surface area contributed by atoms with Gasteiger partial charge in [-0.3, -0.25) is 10.0 Å². The average Bonchev–Trinajstić information content (AvgIpc) is 3.17. The van der Waals surface area contributed by atoms with Crippen LogP contribution in [0.5, 0.6) is 11.5 Å². The van der Waals surface area contributed by atoms with Crippen LogP contribution >= 0.6 is 0 Å². The van der Waals surface area contributed by atoms with Gasteiger partial charge in [0.1, 0.15) is 0 Å². The van der Waals surface area contributed by atoms with Crippen LogP contribution in [0, 0.1) is 5.92 Å². The van der Waals surface area contributed by atoms with E-state index in [-0.39, 0.29) is 5.56 Å². The number of anilines is 1. The molecule has 2 aromatic heterocycles. The van der Waals surface area contributed by atoms with Crippen LogP contribution in [0.2, 0.25) is 0 Å². The number of hydroxylamine groups is 1. The number of ether oxygens (including phenoxy) is 2. The molecular formula is C23H30N6O4. The van der Waals surface area contributed by atoms with Crippen molar-refractivity contribution in [2.24, 2.45) is 13.0 Å². The van der Waals surface area contributed by atoms with Gasteiger partial charge in [-0.1, -0.05) is 0 Å². The standard InChI is InChI=1S/C23H30N6O4/c1-28-14-17(18-8-20(32-2)21(33-3)9-19(18)28)11-24-10-15-4-6-29(7-5-15)23-25-12-16(13-26-23)22(30)27-31/h8-9,12-15,24,31H,4-7,10-11H2,1-3H3,(H,27,30). The first kappa shape index (κ1) is 22.8. The Hall–Kier alpha value is -3.37. The molecule has 3 aromatic rings. The van der Waals surface area contributed by atoms with Crippen LogP contribution in [0.1, 0.15) is 28.8 Å². The van der Waals surface area contributed by atoms with Gasteiger partial charge in [0.15, 0.2) is 11.5 Å². The molecule has 1 aromatic carbocycles. The Labute approximate surface area is 192 Å². The van der Waals surface area contributed by atoms with E-state index in [1.807, 2.05) is 19.2 Å². The third-order valence-electron chi connectivity index (χ3n) is 6.23. The summed E-state index contributed by atoms with van der Waals surface area (Å²) >= 11 is 0. The van der Waals surface area contributed by atoms with Gasteiger partial charge in [0.05, 0.1) is 25.3 Å². The van der Waals surface area contributed by atoms with Crippen LogP contribution in [0.25, 0.3) is 10.9 Å². The molecule has 33 heavy (non-hydrogen) atoms. The van der Waals surface area contributed by atoms with Gasteiger partial charge in [0.25, 0.3) is 5.91 Å². The molecule has 0 bridgehead atoms. The van der Waals surface area contributed by atoms with E-state index in [0.29, 0.717) is 11.9 Å². The van der Waals surface area contributed by atoms with Crippen molar-refractivity contribution < 1.29 is 19.5 Å². The molecule has 4 rings (SSSR count). The lowest BCUT2D eigenvalue weighted by atomic mass is 9.97. The van der Waals surface area contributed by atoms with E-state index in [1.54, 1.807) is 19.7 Å². The Morgan fingerprint density at radius 3 is 2.45 bits per heavy atom. The monoisotopic (exact) mass is 454 g/mol.